The minimum atomic E-state index is 0.0980. The Balaban J connectivity index is 0.000000318. The van der Waals surface area contributed by atoms with Crippen LogP contribution in [0.15, 0.2) is 129 Å². The first-order chi connectivity index (χ1) is 22.5. The van der Waals surface area contributed by atoms with Crippen molar-refractivity contribution in [2.24, 2.45) is 5.73 Å². The highest BCUT2D eigenvalue weighted by molar-refractivity contribution is 8.00. The lowest BCUT2D eigenvalue weighted by Crippen LogP contribution is -2.23. The quantitative estimate of drug-likeness (QED) is 0.0708. The van der Waals surface area contributed by atoms with E-state index in [4.69, 9.17) is 11.5 Å². The van der Waals surface area contributed by atoms with Crippen LogP contribution in [0.25, 0.3) is 6.08 Å². The Bertz CT molecular complexity index is 1620. The summed E-state index contributed by atoms with van der Waals surface area (Å²) in [6, 6.07) is 26.5. The van der Waals surface area contributed by atoms with Crippen LogP contribution >= 0.6 is 11.8 Å². The van der Waals surface area contributed by atoms with E-state index in [-0.39, 0.29) is 10.6 Å². The summed E-state index contributed by atoms with van der Waals surface area (Å²) < 4.78 is 0. The monoisotopic (exact) mass is 628 g/mol. The van der Waals surface area contributed by atoms with Crippen LogP contribution in [0.2, 0.25) is 0 Å². The van der Waals surface area contributed by atoms with E-state index in [9.17, 15) is 0 Å². The third kappa shape index (κ3) is 10.8. The van der Waals surface area contributed by atoms with Crippen LogP contribution in [0.1, 0.15) is 59.2 Å². The van der Waals surface area contributed by atoms with Crippen molar-refractivity contribution < 1.29 is 0 Å². The van der Waals surface area contributed by atoms with Gasteiger partial charge in [0.1, 0.15) is 5.37 Å². The molecule has 238 valence electrons. The highest BCUT2D eigenvalue weighted by atomic mass is 32.2. The smallest absolute Gasteiger partial charge is 0.101 e. The number of H-pyrrole nitrogens is 1. The number of hydrogen-bond donors (Lipinski definition) is 3. The van der Waals surface area contributed by atoms with Crippen LogP contribution in [0.5, 0.6) is 0 Å². The number of allylic oxidation sites excluding steroid dienone is 4. The lowest BCUT2D eigenvalue weighted by Gasteiger charge is -2.32. The maximum Gasteiger partial charge on any atom is 0.101 e. The summed E-state index contributed by atoms with van der Waals surface area (Å²) in [6.45, 7) is 12.6. The molecule has 1 aliphatic rings. The van der Waals surface area contributed by atoms with Gasteiger partial charge in [-0.05, 0) is 91.0 Å². The van der Waals surface area contributed by atoms with E-state index in [1.165, 1.54) is 22.4 Å². The van der Waals surface area contributed by atoms with Crippen molar-refractivity contribution in [3.8, 4) is 11.8 Å². The van der Waals surface area contributed by atoms with Gasteiger partial charge in [0.25, 0.3) is 0 Å². The molecule has 1 heterocycles. The molecule has 1 aromatic heterocycles. The largest absolute Gasteiger partial charge is 0.399 e. The fourth-order valence-electron chi connectivity index (χ4n) is 4.90. The molecular formula is C41H48N4S. The Labute approximate surface area is 281 Å². The minimum Gasteiger partial charge on any atom is -0.399 e. The number of nitrogen functional groups attached to an aromatic ring is 1. The van der Waals surface area contributed by atoms with E-state index in [1.807, 2.05) is 86.3 Å². The Morgan fingerprint density at radius 3 is 2.33 bits per heavy atom. The molecule has 5 rings (SSSR count). The van der Waals surface area contributed by atoms with Gasteiger partial charge in [-0.25, -0.2) is 0 Å². The molecule has 0 saturated carbocycles. The van der Waals surface area contributed by atoms with Crippen LogP contribution in [-0.4, -0.2) is 23.8 Å². The predicted octanol–water partition coefficient (Wildman–Crippen LogP) is 9.34. The molecule has 3 aromatic carbocycles. The van der Waals surface area contributed by atoms with E-state index < -0.39 is 0 Å². The molecular weight excluding hydrogens is 581 g/mol. The Hall–Kier alpha value is -4.63. The highest BCUT2D eigenvalue weighted by Gasteiger charge is 2.21. The Morgan fingerprint density at radius 2 is 1.67 bits per heavy atom. The maximum atomic E-state index is 6.03. The normalized spacial score (nSPS) is 12.3. The molecule has 4 nitrogen and oxygen atoms in total. The number of nitrogens with two attached hydrogens (primary N) is 2. The topological polar surface area (TPSA) is 71.1 Å². The van der Waals surface area contributed by atoms with Gasteiger partial charge in [-0.2, -0.15) is 0 Å². The number of nitrogens with one attached hydrogen (secondary N) is 1. The molecule has 46 heavy (non-hydrogen) atoms. The summed E-state index contributed by atoms with van der Waals surface area (Å²) in [5, 5.41) is 0.365. The van der Waals surface area contributed by atoms with Gasteiger partial charge in [0.15, 0.2) is 0 Å². The van der Waals surface area contributed by atoms with E-state index >= 15 is 0 Å². The number of hydrogen-bond acceptors (Lipinski definition) is 4. The molecule has 0 saturated heterocycles. The molecule has 0 radical (unpaired) electrons. The van der Waals surface area contributed by atoms with Crippen LogP contribution in [-0.2, 0) is 12.8 Å². The number of aromatic nitrogens is 1. The molecule has 0 spiro atoms. The van der Waals surface area contributed by atoms with Gasteiger partial charge in [-0.3, -0.25) is 0 Å². The SMILES string of the molecule is C=CCC(C=C)SC(c1ccc(C#Cc2ccccc2)cc1)N(C)c1cccc(N)c1.CC.NCCc1c[nH]c2c1CC=CC=C2. The predicted molar refractivity (Wildman–Crippen MR) is 204 cm³/mol. The van der Waals surface area contributed by atoms with Crippen LogP contribution in [0, 0.1) is 11.8 Å². The molecule has 0 bridgehead atoms. The lowest BCUT2D eigenvalue weighted by molar-refractivity contribution is 0.888. The molecule has 2 unspecified atom stereocenters. The van der Waals surface area contributed by atoms with Crippen LogP contribution in [0.4, 0.5) is 11.4 Å². The molecule has 5 N–H and O–H groups in total. The summed E-state index contributed by atoms with van der Waals surface area (Å²) in [5.74, 6) is 6.47. The van der Waals surface area contributed by atoms with Gasteiger partial charge >= 0.3 is 0 Å². The minimum absolute atomic E-state index is 0.0980. The van der Waals surface area contributed by atoms with E-state index in [2.05, 4.69) is 103 Å². The summed E-state index contributed by atoms with van der Waals surface area (Å²) in [6.07, 6.45) is 17.3. The zero-order chi connectivity index (χ0) is 33.1. The van der Waals surface area contributed by atoms with Crippen molar-refractivity contribution in [3.05, 3.63) is 162 Å². The van der Waals surface area contributed by atoms with Crippen molar-refractivity contribution in [3.63, 3.8) is 0 Å². The maximum absolute atomic E-state index is 6.03. The van der Waals surface area contributed by atoms with Gasteiger partial charge in [-0.15, -0.1) is 24.9 Å². The van der Waals surface area contributed by atoms with Crippen molar-refractivity contribution in [2.45, 2.75) is 43.7 Å². The van der Waals surface area contributed by atoms with Gasteiger partial charge in [0, 0.05) is 46.7 Å². The van der Waals surface area contributed by atoms with Gasteiger partial charge in [0.2, 0.25) is 0 Å². The molecule has 4 aromatic rings. The lowest BCUT2D eigenvalue weighted by atomic mass is 10.1. The number of rotatable bonds is 10. The third-order valence-electron chi connectivity index (χ3n) is 7.28. The van der Waals surface area contributed by atoms with Crippen molar-refractivity contribution in [1.82, 2.24) is 4.98 Å². The van der Waals surface area contributed by atoms with Gasteiger partial charge < -0.3 is 21.4 Å². The standard InChI is InChI=1S/C28H28N2S.C11H14N2.C2H6/c1-4-10-27(5-2)31-28(30(3)26-14-9-13-25(29)21-26)24-19-17-23(18-20-24)16-15-22-11-7-6-8-12-22;12-7-6-9-8-13-11-5-3-1-2-4-10(9)11;1-2/h4-9,11-14,17-21,27-28H,1-2,10,29H2,3H3;1-3,5,8,13H,4,6-7,12H2;1-2H3. The van der Waals surface area contributed by atoms with Crippen LogP contribution in [0.3, 0.4) is 0 Å². The van der Waals surface area contributed by atoms with Crippen molar-refractivity contribution in [1.29, 1.82) is 0 Å². The highest BCUT2D eigenvalue weighted by Crippen LogP contribution is 2.39. The fourth-order valence-corrected chi connectivity index (χ4v) is 6.21. The second-order valence-corrected chi connectivity index (χ2v) is 11.8. The number of thioether (sulfide) groups is 1. The number of nitrogens with zero attached hydrogens (tertiary/aromatic N) is 1. The summed E-state index contributed by atoms with van der Waals surface area (Å²) in [7, 11) is 2.10. The average molecular weight is 629 g/mol. The second kappa shape index (κ2) is 19.7. The van der Waals surface area contributed by atoms with Gasteiger partial charge in [0.05, 0.1) is 0 Å². The van der Waals surface area contributed by atoms with E-state index in [0.717, 1.165) is 48.3 Å². The van der Waals surface area contributed by atoms with E-state index in [0.29, 0.717) is 0 Å². The molecule has 0 fully saturated rings. The fraction of sp³-hybridized carbons (Fsp3) is 0.220. The first-order valence-corrected chi connectivity index (χ1v) is 16.8. The molecule has 1 aliphatic carbocycles. The second-order valence-electron chi connectivity index (χ2n) is 10.5. The Kier molecular flexibility index (Phi) is 15.3. The zero-order valence-corrected chi connectivity index (χ0v) is 28.3. The Morgan fingerprint density at radius 1 is 0.957 bits per heavy atom. The summed E-state index contributed by atoms with van der Waals surface area (Å²) in [4.78, 5) is 5.52. The molecule has 5 heteroatoms. The van der Waals surface area contributed by atoms with E-state index in [1.54, 1.807) is 0 Å². The first kappa shape index (κ1) is 35.8. The number of anilines is 2. The van der Waals surface area contributed by atoms with Crippen molar-refractivity contribution in [2.75, 3.05) is 24.2 Å². The molecule has 0 aliphatic heterocycles. The van der Waals surface area contributed by atoms with Crippen LogP contribution < -0.4 is 16.4 Å². The molecule has 2 atom stereocenters. The van der Waals surface area contributed by atoms with Crippen molar-refractivity contribution >= 4 is 29.2 Å². The van der Waals surface area contributed by atoms with Gasteiger partial charge in [-0.1, -0.05) is 92.5 Å². The first-order valence-electron chi connectivity index (χ1n) is 15.9. The number of benzene rings is 3. The average Bonchev–Trinajstić information content (AvgIpc) is 3.31. The molecule has 0 amide bonds. The number of aromatic amines is 1. The zero-order valence-electron chi connectivity index (χ0n) is 27.5. The third-order valence-corrected chi connectivity index (χ3v) is 8.86. The number of fused-ring (bicyclic) bond motifs is 1. The summed E-state index contributed by atoms with van der Waals surface area (Å²) >= 11 is 1.85. The summed E-state index contributed by atoms with van der Waals surface area (Å²) in [5.41, 5.74) is 20.6.